The second-order valence-electron chi connectivity index (χ2n) is 6.74. The van der Waals surface area contributed by atoms with E-state index < -0.39 is 0 Å². The number of anilines is 1. The van der Waals surface area contributed by atoms with Crippen LogP contribution in [-0.4, -0.2) is 28.1 Å². The number of carbonyl (C=O) groups is 1. The summed E-state index contributed by atoms with van der Waals surface area (Å²) < 4.78 is 0. The molecule has 1 saturated carbocycles. The Labute approximate surface area is 172 Å². The van der Waals surface area contributed by atoms with E-state index in [0.717, 1.165) is 41.3 Å². The summed E-state index contributed by atoms with van der Waals surface area (Å²) in [6.07, 6.45) is 5.59. The predicted molar refractivity (Wildman–Crippen MR) is 117 cm³/mol. The van der Waals surface area contributed by atoms with Gasteiger partial charge in [0.05, 0.1) is 10.6 Å². The quantitative estimate of drug-likeness (QED) is 0.700. The molecule has 2 aliphatic rings. The van der Waals surface area contributed by atoms with E-state index in [4.69, 9.17) is 21.6 Å². The second-order valence-corrected chi connectivity index (χ2v) is 9.09. The van der Waals surface area contributed by atoms with Crippen LogP contribution in [0.4, 0.5) is 5.69 Å². The lowest BCUT2D eigenvalue weighted by Gasteiger charge is -2.27. The molecule has 140 valence electrons. The summed E-state index contributed by atoms with van der Waals surface area (Å²) in [6.45, 7) is 0. The molecule has 1 N–H and O–H groups in total. The lowest BCUT2D eigenvalue weighted by molar-refractivity contribution is -0.113. The highest BCUT2D eigenvalue weighted by Crippen LogP contribution is 2.39. The first kappa shape index (κ1) is 18.7. The maximum atomic E-state index is 12.4. The summed E-state index contributed by atoms with van der Waals surface area (Å²) in [5.74, 6) is 0.228. The highest BCUT2D eigenvalue weighted by atomic mass is 35.5. The topological polar surface area (TPSA) is 53.8 Å². The van der Waals surface area contributed by atoms with Crippen LogP contribution in [0.15, 0.2) is 51.8 Å². The van der Waals surface area contributed by atoms with Crippen molar-refractivity contribution in [2.75, 3.05) is 11.1 Å². The van der Waals surface area contributed by atoms with Gasteiger partial charge in [-0.25, -0.2) is 4.99 Å². The highest BCUT2D eigenvalue weighted by Gasteiger charge is 2.38. The van der Waals surface area contributed by atoms with Gasteiger partial charge in [-0.2, -0.15) is 0 Å². The number of nitrogens with one attached hydrogen (secondary N) is 1. The minimum absolute atomic E-state index is 0.0694. The molecule has 4 rings (SSSR count). The number of hydrogen-bond donors (Lipinski definition) is 1. The SMILES string of the molecule is O=C(CSC1=NC2(CCCCC2)N=C1c1cccs1)Nc1cccc(Cl)c1. The van der Waals surface area contributed by atoms with Crippen molar-refractivity contribution in [1.82, 2.24) is 0 Å². The molecule has 1 amide bonds. The fourth-order valence-corrected chi connectivity index (χ4v) is 5.27. The Hall–Kier alpha value is -1.63. The number of halogens is 1. The molecule has 1 spiro atoms. The number of thioether (sulfide) groups is 1. The second kappa shape index (κ2) is 8.17. The fourth-order valence-electron chi connectivity index (χ4n) is 3.44. The molecular weight excluding hydrogens is 398 g/mol. The maximum absolute atomic E-state index is 12.4. The van der Waals surface area contributed by atoms with Crippen LogP contribution in [-0.2, 0) is 4.79 Å². The Balaban J connectivity index is 1.47. The van der Waals surface area contributed by atoms with Gasteiger partial charge in [-0.15, -0.1) is 11.3 Å². The molecule has 2 heterocycles. The van der Waals surface area contributed by atoms with Crippen LogP contribution >= 0.6 is 34.7 Å². The summed E-state index contributed by atoms with van der Waals surface area (Å²) in [4.78, 5) is 23.5. The van der Waals surface area contributed by atoms with Crippen molar-refractivity contribution in [2.24, 2.45) is 9.98 Å². The first-order chi connectivity index (χ1) is 13.1. The predicted octanol–water partition coefficient (Wildman–Crippen LogP) is 5.64. The summed E-state index contributed by atoms with van der Waals surface area (Å²) >= 11 is 9.12. The standard InChI is InChI=1S/C20H20ClN3OS2/c21-14-6-4-7-15(12-14)22-17(25)13-27-19-18(16-8-5-11-26-16)23-20(24-19)9-2-1-3-10-20/h4-8,11-12H,1-3,9-10,13H2,(H,22,25). The van der Waals surface area contributed by atoms with Crippen LogP contribution in [0, 0.1) is 0 Å². The monoisotopic (exact) mass is 417 g/mol. The Morgan fingerprint density at radius 1 is 1.19 bits per heavy atom. The zero-order valence-electron chi connectivity index (χ0n) is 14.8. The number of benzene rings is 1. The number of amides is 1. The van der Waals surface area contributed by atoms with Crippen molar-refractivity contribution in [3.63, 3.8) is 0 Å². The van der Waals surface area contributed by atoms with Crippen LogP contribution < -0.4 is 5.32 Å². The smallest absolute Gasteiger partial charge is 0.234 e. The first-order valence-electron chi connectivity index (χ1n) is 9.06. The number of rotatable bonds is 4. The van der Waals surface area contributed by atoms with Gasteiger partial charge in [0.15, 0.2) is 5.66 Å². The molecule has 27 heavy (non-hydrogen) atoms. The molecule has 0 atom stereocenters. The number of aliphatic imine (C=N–C) groups is 2. The fraction of sp³-hybridized carbons (Fsp3) is 0.350. The lowest BCUT2D eigenvalue weighted by Crippen LogP contribution is -2.25. The normalized spacial score (nSPS) is 18.3. The Morgan fingerprint density at radius 2 is 2.04 bits per heavy atom. The van der Waals surface area contributed by atoms with Gasteiger partial charge in [-0.1, -0.05) is 41.9 Å². The van der Waals surface area contributed by atoms with Crippen LogP contribution in [0.1, 0.15) is 37.0 Å². The van der Waals surface area contributed by atoms with Crippen LogP contribution in [0.2, 0.25) is 5.02 Å². The molecule has 0 bridgehead atoms. The third-order valence-electron chi connectivity index (χ3n) is 4.69. The van der Waals surface area contributed by atoms with Gasteiger partial charge in [0.25, 0.3) is 0 Å². The Morgan fingerprint density at radius 3 is 2.78 bits per heavy atom. The third-order valence-corrected chi connectivity index (χ3v) is 6.77. The van der Waals surface area contributed by atoms with Crippen molar-refractivity contribution in [1.29, 1.82) is 0 Å². The summed E-state index contributed by atoms with van der Waals surface area (Å²) in [6, 6.07) is 11.3. The average Bonchev–Trinajstić information content (AvgIpc) is 3.29. The largest absolute Gasteiger partial charge is 0.325 e. The molecule has 1 aromatic carbocycles. The van der Waals surface area contributed by atoms with E-state index in [0.29, 0.717) is 16.5 Å². The van der Waals surface area contributed by atoms with E-state index >= 15 is 0 Å². The zero-order chi connectivity index (χ0) is 18.7. The molecule has 4 nitrogen and oxygen atoms in total. The van der Waals surface area contributed by atoms with Gasteiger partial charge in [0.2, 0.25) is 5.91 Å². The highest BCUT2D eigenvalue weighted by molar-refractivity contribution is 8.16. The van der Waals surface area contributed by atoms with Crippen molar-refractivity contribution >= 4 is 57.0 Å². The third kappa shape index (κ3) is 4.45. The van der Waals surface area contributed by atoms with Gasteiger partial charge in [0, 0.05) is 10.7 Å². The van der Waals surface area contributed by atoms with E-state index in [1.54, 1.807) is 23.5 Å². The van der Waals surface area contributed by atoms with Crippen LogP contribution in [0.3, 0.4) is 0 Å². The molecule has 2 aromatic rings. The van der Waals surface area contributed by atoms with Crippen molar-refractivity contribution in [3.8, 4) is 0 Å². The molecule has 1 aliphatic carbocycles. The van der Waals surface area contributed by atoms with Crippen molar-refractivity contribution in [3.05, 3.63) is 51.7 Å². The van der Waals surface area contributed by atoms with Gasteiger partial charge in [0.1, 0.15) is 10.8 Å². The van der Waals surface area contributed by atoms with E-state index in [-0.39, 0.29) is 11.6 Å². The van der Waals surface area contributed by atoms with E-state index in [9.17, 15) is 4.79 Å². The summed E-state index contributed by atoms with van der Waals surface area (Å²) in [5, 5.41) is 6.44. The maximum Gasteiger partial charge on any atom is 0.234 e. The van der Waals surface area contributed by atoms with E-state index in [2.05, 4.69) is 16.8 Å². The molecule has 1 fully saturated rings. The van der Waals surface area contributed by atoms with Crippen molar-refractivity contribution < 1.29 is 4.79 Å². The minimum atomic E-state index is -0.302. The molecule has 0 radical (unpaired) electrons. The summed E-state index contributed by atoms with van der Waals surface area (Å²) in [7, 11) is 0. The molecule has 0 unspecified atom stereocenters. The van der Waals surface area contributed by atoms with Crippen LogP contribution in [0.25, 0.3) is 0 Å². The van der Waals surface area contributed by atoms with Gasteiger partial charge in [-0.3, -0.25) is 9.79 Å². The van der Waals surface area contributed by atoms with Gasteiger partial charge in [-0.05, 0) is 55.3 Å². The summed E-state index contributed by atoms with van der Waals surface area (Å²) in [5.41, 5.74) is 1.35. The first-order valence-corrected chi connectivity index (χ1v) is 11.3. The zero-order valence-corrected chi connectivity index (χ0v) is 17.2. The van der Waals surface area contributed by atoms with E-state index in [1.807, 2.05) is 18.2 Å². The van der Waals surface area contributed by atoms with Gasteiger partial charge < -0.3 is 5.32 Å². The van der Waals surface area contributed by atoms with E-state index in [1.165, 1.54) is 18.2 Å². The Bertz CT molecular complexity index is 886. The molecule has 0 saturated heterocycles. The van der Waals surface area contributed by atoms with Crippen molar-refractivity contribution in [2.45, 2.75) is 37.8 Å². The average molecular weight is 418 g/mol. The molecular formula is C20H20ClN3OS2. The van der Waals surface area contributed by atoms with Crippen LogP contribution in [0.5, 0.6) is 0 Å². The number of thiophene rings is 1. The Kier molecular flexibility index (Phi) is 5.66. The number of hydrogen-bond acceptors (Lipinski definition) is 5. The number of nitrogens with zero attached hydrogens (tertiary/aromatic N) is 2. The molecule has 7 heteroatoms. The molecule has 1 aromatic heterocycles. The lowest BCUT2D eigenvalue weighted by atomic mass is 9.90. The molecule has 1 aliphatic heterocycles. The minimum Gasteiger partial charge on any atom is -0.325 e. The van der Waals surface area contributed by atoms with Gasteiger partial charge >= 0.3 is 0 Å². The number of carbonyl (C=O) groups excluding carboxylic acids is 1.